The van der Waals surface area contributed by atoms with Gasteiger partial charge >= 0.3 is 0 Å². The number of aromatic hydroxyl groups is 1. The largest absolute Gasteiger partial charge is 0.507 e. The fraction of sp³-hybridized carbons (Fsp3) is 0.273. The van der Waals surface area contributed by atoms with Crippen molar-refractivity contribution < 1.29 is 9.84 Å². The van der Waals surface area contributed by atoms with Crippen molar-refractivity contribution in [2.45, 2.75) is 25.0 Å². The number of hydrogen-bond donors (Lipinski definition) is 2. The van der Waals surface area contributed by atoms with E-state index in [1.807, 2.05) is 24.3 Å². The molecule has 3 heteroatoms. The number of phenolic OH excluding ortho intramolecular Hbond substituents is 1. The minimum absolute atomic E-state index is 0.203. The van der Waals surface area contributed by atoms with Crippen LogP contribution in [0.2, 0.25) is 0 Å². The molecule has 2 heterocycles. The van der Waals surface area contributed by atoms with Crippen LogP contribution in [0.3, 0.4) is 0 Å². The standard InChI is InChI=1S/C22H21NO2/c1-22-17(11-12-25-22)20(14-7-3-2-4-8-14)23-21-16-10-6-5-9-15(16)19(24)13-18(21)22/h2-10,13,17,20,23-24H,11-12H2,1H3/t17-,20+,22-/m0/s1. The summed E-state index contributed by atoms with van der Waals surface area (Å²) in [7, 11) is 0. The molecular weight excluding hydrogens is 310 g/mol. The highest BCUT2D eigenvalue weighted by atomic mass is 16.5. The molecule has 3 nitrogen and oxygen atoms in total. The molecule has 0 saturated carbocycles. The summed E-state index contributed by atoms with van der Waals surface area (Å²) >= 11 is 0. The maximum absolute atomic E-state index is 10.6. The summed E-state index contributed by atoms with van der Waals surface area (Å²) in [5.41, 5.74) is 3.05. The molecule has 1 saturated heterocycles. The average molecular weight is 331 g/mol. The average Bonchev–Trinajstić information content (AvgIpc) is 3.05. The number of hydrogen-bond acceptors (Lipinski definition) is 3. The van der Waals surface area contributed by atoms with Crippen LogP contribution in [-0.2, 0) is 10.3 Å². The number of benzene rings is 3. The van der Waals surface area contributed by atoms with E-state index in [4.69, 9.17) is 4.74 Å². The Labute approximate surface area is 147 Å². The molecule has 0 bridgehead atoms. The highest BCUT2D eigenvalue weighted by molar-refractivity contribution is 6.00. The number of rotatable bonds is 1. The van der Waals surface area contributed by atoms with Crippen LogP contribution in [0.4, 0.5) is 5.69 Å². The molecule has 3 atom stereocenters. The minimum atomic E-state index is -0.386. The Hall–Kier alpha value is -2.52. The zero-order valence-electron chi connectivity index (χ0n) is 14.2. The highest BCUT2D eigenvalue weighted by Crippen LogP contribution is 2.56. The Balaban J connectivity index is 1.78. The van der Waals surface area contributed by atoms with E-state index in [1.165, 1.54) is 5.56 Å². The Morgan fingerprint density at radius 2 is 1.76 bits per heavy atom. The van der Waals surface area contributed by atoms with E-state index >= 15 is 0 Å². The van der Waals surface area contributed by atoms with Crippen LogP contribution in [-0.4, -0.2) is 11.7 Å². The third-order valence-corrected chi connectivity index (χ3v) is 5.96. The van der Waals surface area contributed by atoms with Gasteiger partial charge in [0.1, 0.15) is 5.75 Å². The maximum Gasteiger partial charge on any atom is 0.123 e. The van der Waals surface area contributed by atoms with Crippen molar-refractivity contribution in [3.05, 3.63) is 71.8 Å². The SMILES string of the molecule is C[C@]12OCC[C@H]1[C@@H](c1ccccc1)Nc1c2cc(O)c2ccccc12. The third kappa shape index (κ3) is 2.02. The van der Waals surface area contributed by atoms with Gasteiger partial charge in [0.15, 0.2) is 0 Å². The molecule has 0 spiro atoms. The minimum Gasteiger partial charge on any atom is -0.507 e. The summed E-state index contributed by atoms with van der Waals surface area (Å²) < 4.78 is 6.28. The van der Waals surface area contributed by atoms with E-state index in [9.17, 15) is 5.11 Å². The summed E-state index contributed by atoms with van der Waals surface area (Å²) in [5.74, 6) is 0.660. The van der Waals surface area contributed by atoms with E-state index in [0.29, 0.717) is 11.7 Å². The fourth-order valence-corrected chi connectivity index (χ4v) is 4.68. The predicted molar refractivity (Wildman–Crippen MR) is 99.8 cm³/mol. The second-order valence-corrected chi connectivity index (χ2v) is 7.25. The fourth-order valence-electron chi connectivity index (χ4n) is 4.68. The van der Waals surface area contributed by atoms with Gasteiger partial charge < -0.3 is 15.2 Å². The first-order valence-electron chi connectivity index (χ1n) is 8.89. The highest BCUT2D eigenvalue weighted by Gasteiger charge is 2.50. The summed E-state index contributed by atoms with van der Waals surface area (Å²) in [4.78, 5) is 0. The Bertz CT molecular complexity index is 953. The lowest BCUT2D eigenvalue weighted by Crippen LogP contribution is -2.40. The van der Waals surface area contributed by atoms with Crippen LogP contribution in [0.25, 0.3) is 10.8 Å². The molecule has 0 aromatic heterocycles. The summed E-state index contributed by atoms with van der Waals surface area (Å²) in [6.45, 7) is 2.92. The van der Waals surface area contributed by atoms with Gasteiger partial charge in [-0.1, -0.05) is 54.6 Å². The van der Waals surface area contributed by atoms with Crippen LogP contribution >= 0.6 is 0 Å². The van der Waals surface area contributed by atoms with Gasteiger partial charge in [0, 0.05) is 34.5 Å². The zero-order valence-corrected chi connectivity index (χ0v) is 14.2. The Kier molecular flexibility index (Phi) is 3.10. The molecular formula is C22H21NO2. The lowest BCUT2D eigenvalue weighted by atomic mass is 9.72. The van der Waals surface area contributed by atoms with Crippen molar-refractivity contribution in [1.29, 1.82) is 0 Å². The molecule has 2 N–H and O–H groups in total. The zero-order chi connectivity index (χ0) is 17.0. The van der Waals surface area contributed by atoms with Gasteiger partial charge in [-0.3, -0.25) is 0 Å². The first kappa shape index (κ1) is 14.8. The van der Waals surface area contributed by atoms with Crippen LogP contribution in [0.15, 0.2) is 60.7 Å². The van der Waals surface area contributed by atoms with Gasteiger partial charge in [0.2, 0.25) is 0 Å². The quantitative estimate of drug-likeness (QED) is 0.619. The first-order chi connectivity index (χ1) is 12.2. The topological polar surface area (TPSA) is 41.5 Å². The lowest BCUT2D eigenvalue weighted by Gasteiger charge is -2.44. The van der Waals surface area contributed by atoms with E-state index in [2.05, 4.69) is 48.6 Å². The smallest absolute Gasteiger partial charge is 0.123 e. The van der Waals surface area contributed by atoms with Gasteiger partial charge in [0.05, 0.1) is 11.6 Å². The van der Waals surface area contributed by atoms with Crippen LogP contribution < -0.4 is 5.32 Å². The van der Waals surface area contributed by atoms with Crippen LogP contribution in [0, 0.1) is 5.92 Å². The van der Waals surface area contributed by atoms with Gasteiger partial charge in [-0.25, -0.2) is 0 Å². The molecule has 126 valence electrons. The summed E-state index contributed by atoms with van der Waals surface area (Å²) in [6.07, 6.45) is 1.01. The van der Waals surface area contributed by atoms with E-state index in [-0.39, 0.29) is 11.6 Å². The monoisotopic (exact) mass is 331 g/mol. The molecule has 1 fully saturated rings. The third-order valence-electron chi connectivity index (χ3n) is 5.96. The van der Waals surface area contributed by atoms with Crippen molar-refractivity contribution in [3.63, 3.8) is 0 Å². The molecule has 25 heavy (non-hydrogen) atoms. The van der Waals surface area contributed by atoms with Crippen molar-refractivity contribution in [2.24, 2.45) is 5.92 Å². The number of anilines is 1. The molecule has 0 radical (unpaired) electrons. The molecule has 3 aromatic carbocycles. The van der Waals surface area contributed by atoms with Crippen molar-refractivity contribution in [3.8, 4) is 5.75 Å². The molecule has 0 amide bonds. The van der Waals surface area contributed by atoms with E-state index < -0.39 is 0 Å². The number of ether oxygens (including phenoxy) is 1. The molecule has 0 unspecified atom stereocenters. The number of phenols is 1. The second-order valence-electron chi connectivity index (χ2n) is 7.25. The van der Waals surface area contributed by atoms with E-state index in [0.717, 1.165) is 35.1 Å². The van der Waals surface area contributed by atoms with E-state index in [1.54, 1.807) is 0 Å². The lowest BCUT2D eigenvalue weighted by molar-refractivity contribution is -0.0178. The van der Waals surface area contributed by atoms with Crippen molar-refractivity contribution >= 4 is 16.5 Å². The summed E-state index contributed by atoms with van der Waals surface area (Å²) in [5, 5.41) is 16.3. The molecule has 0 aliphatic carbocycles. The Morgan fingerprint density at radius 1 is 1.04 bits per heavy atom. The molecule has 3 aromatic rings. The van der Waals surface area contributed by atoms with Crippen LogP contribution in [0.1, 0.15) is 30.5 Å². The summed E-state index contributed by atoms with van der Waals surface area (Å²) in [6, 6.07) is 20.7. The second kappa shape index (κ2) is 5.24. The predicted octanol–water partition coefficient (Wildman–Crippen LogP) is 4.96. The Morgan fingerprint density at radius 3 is 2.56 bits per heavy atom. The van der Waals surface area contributed by atoms with Crippen LogP contribution in [0.5, 0.6) is 5.75 Å². The molecule has 2 aliphatic heterocycles. The molecule has 2 aliphatic rings. The van der Waals surface area contributed by atoms with Crippen molar-refractivity contribution in [2.75, 3.05) is 11.9 Å². The number of fused-ring (bicyclic) bond motifs is 5. The number of nitrogens with one attached hydrogen (secondary N) is 1. The van der Waals surface area contributed by atoms with Gasteiger partial charge in [-0.15, -0.1) is 0 Å². The normalized spacial score (nSPS) is 27.6. The van der Waals surface area contributed by atoms with Crippen molar-refractivity contribution in [1.82, 2.24) is 0 Å². The van der Waals surface area contributed by atoms with Gasteiger partial charge in [-0.05, 0) is 25.0 Å². The first-order valence-corrected chi connectivity index (χ1v) is 8.89. The molecule has 5 rings (SSSR count). The van der Waals surface area contributed by atoms with Gasteiger partial charge in [-0.2, -0.15) is 0 Å². The van der Waals surface area contributed by atoms with Gasteiger partial charge in [0.25, 0.3) is 0 Å². The maximum atomic E-state index is 10.6.